The van der Waals surface area contributed by atoms with E-state index in [2.05, 4.69) is 34.8 Å². The SMILES string of the molecule is CN(CCNCCc1cccs1)CC1CCCO1. The molecule has 3 nitrogen and oxygen atoms in total. The summed E-state index contributed by atoms with van der Waals surface area (Å²) in [6, 6.07) is 4.32. The molecule has 0 amide bonds. The predicted octanol–water partition coefficient (Wildman–Crippen LogP) is 1.99. The fourth-order valence-corrected chi connectivity index (χ4v) is 3.00. The van der Waals surface area contributed by atoms with Crippen molar-refractivity contribution in [2.75, 3.05) is 39.8 Å². The molecule has 4 heteroatoms. The average Bonchev–Trinajstić information content (AvgIpc) is 3.01. The maximum absolute atomic E-state index is 5.64. The molecule has 0 saturated carbocycles. The number of ether oxygens (including phenoxy) is 1. The van der Waals surface area contributed by atoms with Crippen LogP contribution in [0.2, 0.25) is 0 Å². The Hall–Kier alpha value is -0.420. The highest BCUT2D eigenvalue weighted by Gasteiger charge is 2.16. The van der Waals surface area contributed by atoms with Crippen LogP contribution in [0.25, 0.3) is 0 Å². The lowest BCUT2D eigenvalue weighted by atomic mass is 10.2. The van der Waals surface area contributed by atoms with Crippen molar-refractivity contribution in [3.63, 3.8) is 0 Å². The number of nitrogens with one attached hydrogen (secondary N) is 1. The summed E-state index contributed by atoms with van der Waals surface area (Å²) in [5.41, 5.74) is 0. The van der Waals surface area contributed by atoms with Crippen LogP contribution in [0.15, 0.2) is 17.5 Å². The van der Waals surface area contributed by atoms with Crippen molar-refractivity contribution in [1.29, 1.82) is 0 Å². The topological polar surface area (TPSA) is 24.5 Å². The zero-order valence-corrected chi connectivity index (χ0v) is 12.0. The monoisotopic (exact) mass is 268 g/mol. The lowest BCUT2D eigenvalue weighted by Gasteiger charge is -2.20. The van der Waals surface area contributed by atoms with E-state index in [-0.39, 0.29) is 0 Å². The molecule has 2 rings (SSSR count). The van der Waals surface area contributed by atoms with Gasteiger partial charge in [-0.25, -0.2) is 0 Å². The summed E-state index contributed by atoms with van der Waals surface area (Å²) in [6.45, 7) is 5.28. The third-order valence-corrected chi connectivity index (χ3v) is 4.27. The van der Waals surface area contributed by atoms with Gasteiger partial charge in [0.15, 0.2) is 0 Å². The van der Waals surface area contributed by atoms with E-state index in [9.17, 15) is 0 Å². The second kappa shape index (κ2) is 7.89. The number of thiophene rings is 1. The van der Waals surface area contributed by atoms with Gasteiger partial charge in [-0.15, -0.1) is 11.3 Å². The minimum Gasteiger partial charge on any atom is -0.377 e. The van der Waals surface area contributed by atoms with Gasteiger partial charge in [-0.05, 0) is 37.8 Å². The van der Waals surface area contributed by atoms with E-state index in [0.29, 0.717) is 6.10 Å². The first-order valence-corrected chi connectivity index (χ1v) is 7.76. The lowest BCUT2D eigenvalue weighted by molar-refractivity contribution is 0.0815. The van der Waals surface area contributed by atoms with Crippen molar-refractivity contribution in [2.24, 2.45) is 0 Å². The van der Waals surface area contributed by atoms with Crippen molar-refractivity contribution in [1.82, 2.24) is 10.2 Å². The molecule has 1 aromatic heterocycles. The van der Waals surface area contributed by atoms with Crippen LogP contribution in [0.5, 0.6) is 0 Å². The number of hydrogen-bond donors (Lipinski definition) is 1. The van der Waals surface area contributed by atoms with Gasteiger partial charge >= 0.3 is 0 Å². The molecule has 0 radical (unpaired) electrons. The van der Waals surface area contributed by atoms with Gasteiger partial charge in [-0.1, -0.05) is 6.07 Å². The summed E-state index contributed by atoms with van der Waals surface area (Å²) >= 11 is 1.84. The first-order valence-electron chi connectivity index (χ1n) is 6.88. The van der Waals surface area contributed by atoms with Crippen molar-refractivity contribution in [2.45, 2.75) is 25.4 Å². The quantitative estimate of drug-likeness (QED) is 0.730. The number of rotatable bonds is 8. The molecule has 2 heterocycles. The van der Waals surface area contributed by atoms with E-state index >= 15 is 0 Å². The number of nitrogens with zero attached hydrogens (tertiary/aromatic N) is 1. The molecule has 102 valence electrons. The Morgan fingerprint density at radius 3 is 3.17 bits per heavy atom. The van der Waals surface area contributed by atoms with Gasteiger partial charge in [0, 0.05) is 37.7 Å². The zero-order chi connectivity index (χ0) is 12.6. The Morgan fingerprint density at radius 2 is 2.44 bits per heavy atom. The van der Waals surface area contributed by atoms with Crippen molar-refractivity contribution >= 4 is 11.3 Å². The van der Waals surface area contributed by atoms with Gasteiger partial charge in [0.2, 0.25) is 0 Å². The van der Waals surface area contributed by atoms with Crippen molar-refractivity contribution in [3.8, 4) is 0 Å². The number of likely N-dealkylation sites (N-methyl/N-ethyl adjacent to an activating group) is 1. The fraction of sp³-hybridized carbons (Fsp3) is 0.714. The van der Waals surface area contributed by atoms with Crippen LogP contribution in [-0.4, -0.2) is 50.8 Å². The first kappa shape index (κ1) is 14.0. The van der Waals surface area contributed by atoms with Gasteiger partial charge < -0.3 is 15.0 Å². The minimum absolute atomic E-state index is 0.473. The third-order valence-electron chi connectivity index (χ3n) is 3.34. The normalized spacial score (nSPS) is 19.8. The van der Waals surface area contributed by atoms with Crippen LogP contribution < -0.4 is 5.32 Å². The second-order valence-corrected chi connectivity index (χ2v) is 6.01. The Labute approximate surface area is 114 Å². The molecule has 18 heavy (non-hydrogen) atoms. The van der Waals surface area contributed by atoms with Gasteiger partial charge in [-0.2, -0.15) is 0 Å². The molecule has 1 fully saturated rings. The molecule has 1 aliphatic rings. The van der Waals surface area contributed by atoms with Gasteiger partial charge in [0.1, 0.15) is 0 Å². The summed E-state index contributed by atoms with van der Waals surface area (Å²) < 4.78 is 5.64. The molecule has 1 saturated heterocycles. The molecular weight excluding hydrogens is 244 g/mol. The summed E-state index contributed by atoms with van der Waals surface area (Å²) in [5.74, 6) is 0. The molecule has 1 unspecified atom stereocenters. The summed E-state index contributed by atoms with van der Waals surface area (Å²) in [7, 11) is 2.18. The predicted molar refractivity (Wildman–Crippen MR) is 77.4 cm³/mol. The number of hydrogen-bond acceptors (Lipinski definition) is 4. The van der Waals surface area contributed by atoms with Crippen LogP contribution in [0, 0.1) is 0 Å². The van der Waals surface area contributed by atoms with Gasteiger partial charge in [0.25, 0.3) is 0 Å². The maximum atomic E-state index is 5.64. The highest BCUT2D eigenvalue weighted by Crippen LogP contribution is 2.12. The van der Waals surface area contributed by atoms with E-state index < -0.39 is 0 Å². The van der Waals surface area contributed by atoms with Crippen LogP contribution >= 0.6 is 11.3 Å². The van der Waals surface area contributed by atoms with Crippen LogP contribution in [0.3, 0.4) is 0 Å². The fourth-order valence-electron chi connectivity index (χ4n) is 2.29. The Balaban J connectivity index is 1.47. The Morgan fingerprint density at radius 1 is 1.50 bits per heavy atom. The summed E-state index contributed by atoms with van der Waals surface area (Å²) in [4.78, 5) is 3.84. The lowest BCUT2D eigenvalue weighted by Crippen LogP contribution is -2.35. The van der Waals surface area contributed by atoms with Crippen molar-refractivity contribution in [3.05, 3.63) is 22.4 Å². The Kier molecular flexibility index (Phi) is 6.14. The molecule has 1 aromatic rings. The summed E-state index contributed by atoms with van der Waals surface area (Å²) in [5, 5.41) is 5.65. The molecular formula is C14H24N2OS. The Bertz CT molecular complexity index is 310. The van der Waals surface area contributed by atoms with Crippen LogP contribution in [0.4, 0.5) is 0 Å². The molecule has 1 aliphatic heterocycles. The molecule has 1 N–H and O–H groups in total. The first-order chi connectivity index (χ1) is 8.84. The minimum atomic E-state index is 0.473. The molecule has 0 bridgehead atoms. The van der Waals surface area contributed by atoms with Crippen molar-refractivity contribution < 1.29 is 4.74 Å². The highest BCUT2D eigenvalue weighted by atomic mass is 32.1. The summed E-state index contributed by atoms with van der Waals surface area (Å²) in [6.07, 6.45) is 4.09. The second-order valence-electron chi connectivity index (χ2n) is 4.98. The van der Waals surface area contributed by atoms with Gasteiger partial charge in [0.05, 0.1) is 6.10 Å². The zero-order valence-electron chi connectivity index (χ0n) is 11.2. The standard InChI is InChI=1S/C14H24N2OS/c1-16(12-13-4-2-10-17-13)9-8-15-7-6-14-5-3-11-18-14/h3,5,11,13,15H,2,4,6-10,12H2,1H3. The molecule has 1 atom stereocenters. The largest absolute Gasteiger partial charge is 0.377 e. The molecule has 0 aliphatic carbocycles. The van der Waals surface area contributed by atoms with E-state index in [1.54, 1.807) is 0 Å². The van der Waals surface area contributed by atoms with E-state index in [4.69, 9.17) is 4.74 Å². The van der Waals surface area contributed by atoms with E-state index in [1.807, 2.05) is 11.3 Å². The van der Waals surface area contributed by atoms with Crippen LogP contribution in [0.1, 0.15) is 17.7 Å². The smallest absolute Gasteiger partial charge is 0.0702 e. The van der Waals surface area contributed by atoms with Crippen LogP contribution in [-0.2, 0) is 11.2 Å². The van der Waals surface area contributed by atoms with E-state index in [0.717, 1.165) is 39.2 Å². The molecule has 0 aromatic carbocycles. The van der Waals surface area contributed by atoms with E-state index in [1.165, 1.54) is 17.7 Å². The van der Waals surface area contributed by atoms with Gasteiger partial charge in [-0.3, -0.25) is 0 Å². The average molecular weight is 268 g/mol. The molecule has 0 spiro atoms. The third kappa shape index (κ3) is 5.06. The highest BCUT2D eigenvalue weighted by molar-refractivity contribution is 7.09. The maximum Gasteiger partial charge on any atom is 0.0702 e.